The summed E-state index contributed by atoms with van der Waals surface area (Å²) in [6.45, 7) is 4.52. The largest absolute Gasteiger partial charge is 0.480 e. The summed E-state index contributed by atoms with van der Waals surface area (Å²) in [7, 11) is 0. The molecule has 0 aliphatic rings. The molecular weight excluding hydrogens is 230 g/mol. The van der Waals surface area contributed by atoms with E-state index < -0.39 is 11.5 Å². The molecule has 5 nitrogen and oxygen atoms in total. The van der Waals surface area contributed by atoms with E-state index in [1.165, 1.54) is 10.9 Å². The van der Waals surface area contributed by atoms with Crippen molar-refractivity contribution in [2.45, 2.75) is 32.4 Å². The molecule has 90 valence electrons. The molecule has 0 aliphatic heterocycles. The number of carbonyl (C=O) groups is 1. The number of hydrogen-bond acceptors (Lipinski definition) is 3. The van der Waals surface area contributed by atoms with Crippen LogP contribution in [0.5, 0.6) is 0 Å². The van der Waals surface area contributed by atoms with Crippen molar-refractivity contribution in [3.8, 4) is 0 Å². The Bertz CT molecular complexity index is 367. The number of nitrogens with zero attached hydrogens (tertiary/aromatic N) is 2. The molecule has 1 aromatic heterocycles. The van der Waals surface area contributed by atoms with E-state index in [1.54, 1.807) is 13.1 Å². The summed E-state index contributed by atoms with van der Waals surface area (Å²) in [6.07, 6.45) is 3.97. The normalized spacial score (nSPS) is 14.7. The van der Waals surface area contributed by atoms with Gasteiger partial charge in [-0.1, -0.05) is 18.5 Å². The first-order valence-electron chi connectivity index (χ1n) is 5.14. The minimum Gasteiger partial charge on any atom is -0.480 e. The molecule has 0 saturated heterocycles. The molecule has 1 heterocycles. The van der Waals surface area contributed by atoms with Gasteiger partial charge in [0.1, 0.15) is 5.54 Å². The van der Waals surface area contributed by atoms with Crippen LogP contribution in [0, 0.1) is 0 Å². The first-order valence-corrected chi connectivity index (χ1v) is 5.52. The molecule has 0 aromatic carbocycles. The third-order valence-electron chi connectivity index (χ3n) is 2.32. The minimum atomic E-state index is -1.02. The predicted molar refractivity (Wildman–Crippen MR) is 61.6 cm³/mol. The van der Waals surface area contributed by atoms with E-state index in [0.717, 1.165) is 6.42 Å². The Morgan fingerprint density at radius 2 is 2.44 bits per heavy atom. The Morgan fingerprint density at radius 1 is 1.75 bits per heavy atom. The number of carboxylic acid groups (broad SMARTS) is 1. The molecule has 1 unspecified atom stereocenters. The van der Waals surface area contributed by atoms with Crippen LogP contribution in [0.25, 0.3) is 0 Å². The molecule has 2 N–H and O–H groups in total. The molecule has 1 aromatic rings. The molecule has 0 saturated carbocycles. The zero-order valence-corrected chi connectivity index (χ0v) is 10.2. The Hall–Kier alpha value is -1.07. The average Bonchev–Trinajstić information content (AvgIpc) is 2.60. The maximum Gasteiger partial charge on any atom is 0.325 e. The molecule has 1 atom stereocenters. The van der Waals surface area contributed by atoms with E-state index in [-0.39, 0.29) is 6.54 Å². The summed E-state index contributed by atoms with van der Waals surface area (Å²) in [5.41, 5.74) is -1.02. The first-order chi connectivity index (χ1) is 7.48. The second-order valence-electron chi connectivity index (χ2n) is 3.92. The number of carboxylic acids is 1. The third kappa shape index (κ3) is 3.21. The lowest BCUT2D eigenvalue weighted by Crippen LogP contribution is -2.52. The zero-order valence-electron chi connectivity index (χ0n) is 9.40. The van der Waals surface area contributed by atoms with Crippen molar-refractivity contribution < 1.29 is 9.90 Å². The lowest BCUT2D eigenvalue weighted by molar-refractivity contribution is -0.144. The summed E-state index contributed by atoms with van der Waals surface area (Å²) in [5, 5.41) is 16.7. The van der Waals surface area contributed by atoms with Gasteiger partial charge >= 0.3 is 5.97 Å². The van der Waals surface area contributed by atoms with Gasteiger partial charge in [0, 0.05) is 6.20 Å². The van der Waals surface area contributed by atoms with Gasteiger partial charge in [0.15, 0.2) is 0 Å². The van der Waals surface area contributed by atoms with Crippen molar-refractivity contribution in [3.05, 3.63) is 17.4 Å². The minimum absolute atomic E-state index is 0.245. The standard InChI is InChI=1S/C10H16ClN3O2/c1-3-4-12-10(2,9(15)16)7-14-6-8(11)5-13-14/h5-6,12H,3-4,7H2,1-2H3,(H,15,16). The van der Waals surface area contributed by atoms with Crippen molar-refractivity contribution in [2.24, 2.45) is 0 Å². The van der Waals surface area contributed by atoms with Crippen molar-refractivity contribution >= 4 is 17.6 Å². The monoisotopic (exact) mass is 245 g/mol. The number of rotatable bonds is 6. The highest BCUT2D eigenvalue weighted by Gasteiger charge is 2.33. The summed E-state index contributed by atoms with van der Waals surface area (Å²) >= 11 is 5.72. The molecular formula is C10H16ClN3O2. The van der Waals surface area contributed by atoms with Crippen LogP contribution in [-0.4, -0.2) is 32.9 Å². The van der Waals surface area contributed by atoms with Gasteiger partial charge in [0.05, 0.1) is 17.8 Å². The summed E-state index contributed by atoms with van der Waals surface area (Å²) in [4.78, 5) is 11.2. The number of nitrogens with one attached hydrogen (secondary N) is 1. The smallest absolute Gasteiger partial charge is 0.325 e. The van der Waals surface area contributed by atoms with E-state index in [2.05, 4.69) is 10.4 Å². The molecule has 0 aliphatic carbocycles. The van der Waals surface area contributed by atoms with Crippen LogP contribution in [0.1, 0.15) is 20.3 Å². The van der Waals surface area contributed by atoms with E-state index in [4.69, 9.17) is 11.6 Å². The molecule has 1 rings (SSSR count). The zero-order chi connectivity index (χ0) is 12.2. The van der Waals surface area contributed by atoms with Crippen LogP contribution >= 0.6 is 11.6 Å². The van der Waals surface area contributed by atoms with Gasteiger partial charge in [0.2, 0.25) is 0 Å². The van der Waals surface area contributed by atoms with Crippen molar-refractivity contribution in [3.63, 3.8) is 0 Å². The van der Waals surface area contributed by atoms with Gasteiger partial charge in [-0.15, -0.1) is 0 Å². The lowest BCUT2D eigenvalue weighted by atomic mass is 10.0. The Morgan fingerprint density at radius 3 is 2.88 bits per heavy atom. The fraction of sp³-hybridized carbons (Fsp3) is 0.600. The van der Waals surface area contributed by atoms with Gasteiger partial charge in [0.25, 0.3) is 0 Å². The van der Waals surface area contributed by atoms with Gasteiger partial charge in [-0.25, -0.2) is 0 Å². The van der Waals surface area contributed by atoms with E-state index in [1.807, 2.05) is 6.92 Å². The third-order valence-corrected chi connectivity index (χ3v) is 2.51. The lowest BCUT2D eigenvalue weighted by Gasteiger charge is -2.26. The van der Waals surface area contributed by atoms with Gasteiger partial charge in [-0.3, -0.25) is 9.48 Å². The summed E-state index contributed by atoms with van der Waals surface area (Å²) < 4.78 is 1.53. The predicted octanol–water partition coefficient (Wildman–Crippen LogP) is 1.38. The SMILES string of the molecule is CCCNC(C)(Cn1cc(Cl)cn1)C(=O)O. The summed E-state index contributed by atoms with van der Waals surface area (Å²) in [6, 6.07) is 0. The van der Waals surface area contributed by atoms with Gasteiger partial charge in [-0.05, 0) is 19.9 Å². The number of halogens is 1. The van der Waals surface area contributed by atoms with E-state index >= 15 is 0 Å². The molecule has 16 heavy (non-hydrogen) atoms. The first kappa shape index (κ1) is 13.0. The number of aliphatic carboxylic acids is 1. The molecule has 0 fully saturated rings. The summed E-state index contributed by atoms with van der Waals surface area (Å²) in [5.74, 6) is -0.896. The average molecular weight is 246 g/mol. The number of hydrogen-bond donors (Lipinski definition) is 2. The highest BCUT2D eigenvalue weighted by Crippen LogP contribution is 2.11. The molecule has 0 radical (unpaired) electrons. The van der Waals surface area contributed by atoms with Crippen LogP contribution in [-0.2, 0) is 11.3 Å². The quantitative estimate of drug-likeness (QED) is 0.795. The van der Waals surface area contributed by atoms with E-state index in [0.29, 0.717) is 11.6 Å². The highest BCUT2D eigenvalue weighted by atomic mass is 35.5. The molecule has 0 amide bonds. The maximum atomic E-state index is 11.2. The Balaban J connectivity index is 2.74. The second kappa shape index (κ2) is 5.32. The number of aromatic nitrogens is 2. The second-order valence-corrected chi connectivity index (χ2v) is 4.36. The molecule has 0 spiro atoms. The van der Waals surface area contributed by atoms with Crippen molar-refractivity contribution in [1.29, 1.82) is 0 Å². The molecule has 0 bridgehead atoms. The Labute approximate surface area is 99.4 Å². The Kier molecular flexibility index (Phi) is 4.32. The highest BCUT2D eigenvalue weighted by molar-refractivity contribution is 6.30. The van der Waals surface area contributed by atoms with Crippen LogP contribution in [0.15, 0.2) is 12.4 Å². The fourth-order valence-electron chi connectivity index (χ4n) is 1.35. The fourth-order valence-corrected chi connectivity index (χ4v) is 1.51. The van der Waals surface area contributed by atoms with Crippen LogP contribution in [0.4, 0.5) is 0 Å². The maximum absolute atomic E-state index is 11.2. The van der Waals surface area contributed by atoms with Crippen molar-refractivity contribution in [2.75, 3.05) is 6.54 Å². The topological polar surface area (TPSA) is 67.2 Å². The van der Waals surface area contributed by atoms with Crippen LogP contribution in [0.2, 0.25) is 5.02 Å². The van der Waals surface area contributed by atoms with E-state index in [9.17, 15) is 9.90 Å². The van der Waals surface area contributed by atoms with Gasteiger partial charge < -0.3 is 10.4 Å². The van der Waals surface area contributed by atoms with Crippen LogP contribution in [0.3, 0.4) is 0 Å². The molecule has 6 heteroatoms. The van der Waals surface area contributed by atoms with Gasteiger partial charge in [-0.2, -0.15) is 5.10 Å². The van der Waals surface area contributed by atoms with Crippen LogP contribution < -0.4 is 5.32 Å². The van der Waals surface area contributed by atoms with Crippen molar-refractivity contribution in [1.82, 2.24) is 15.1 Å².